The molecule has 34 heavy (non-hydrogen) atoms. The van der Waals surface area contributed by atoms with Gasteiger partial charge in [-0.25, -0.2) is 0 Å². The van der Waals surface area contributed by atoms with Gasteiger partial charge in [-0.1, -0.05) is 42.8 Å². The van der Waals surface area contributed by atoms with Crippen LogP contribution in [-0.4, -0.2) is 32.6 Å². The van der Waals surface area contributed by atoms with Crippen molar-refractivity contribution < 1.29 is 5.11 Å². The normalized spacial score (nSPS) is 15.2. The van der Waals surface area contributed by atoms with Crippen LogP contribution in [0.5, 0.6) is 5.88 Å². The Morgan fingerprint density at radius 1 is 0.912 bits per heavy atom. The summed E-state index contributed by atoms with van der Waals surface area (Å²) >= 11 is 6.67. The van der Waals surface area contributed by atoms with Crippen LogP contribution in [0.3, 0.4) is 0 Å². The number of fused-ring (bicyclic) bond motifs is 1. The van der Waals surface area contributed by atoms with Gasteiger partial charge in [0.05, 0.1) is 17.0 Å². The van der Waals surface area contributed by atoms with Crippen molar-refractivity contribution in [1.29, 1.82) is 0 Å². The van der Waals surface area contributed by atoms with Gasteiger partial charge < -0.3 is 9.67 Å². The summed E-state index contributed by atoms with van der Waals surface area (Å²) in [5.74, 6) is 0.908. The lowest BCUT2D eigenvalue weighted by Crippen LogP contribution is -2.33. The van der Waals surface area contributed by atoms with Crippen LogP contribution >= 0.6 is 11.6 Å². The maximum atomic E-state index is 10.9. The smallest absolute Gasteiger partial charge is 0.200 e. The third-order valence-electron chi connectivity index (χ3n) is 7.14. The molecule has 1 aliphatic heterocycles. The molecule has 0 radical (unpaired) electrons. The van der Waals surface area contributed by atoms with E-state index in [0.29, 0.717) is 17.5 Å². The highest BCUT2D eigenvalue weighted by atomic mass is 35.5. The average Bonchev–Trinajstić information content (AvgIpc) is 3.16. The monoisotopic (exact) mass is 473 g/mol. The molecule has 1 aliphatic rings. The maximum Gasteiger partial charge on any atom is 0.200 e. The number of aryl methyl sites for hydroxylation is 1. The van der Waals surface area contributed by atoms with E-state index in [1.54, 1.807) is 0 Å². The first-order valence-electron chi connectivity index (χ1n) is 12.3. The number of hydrogen-bond donors (Lipinski definition) is 1. The predicted octanol–water partition coefficient (Wildman–Crippen LogP) is 6.46. The summed E-state index contributed by atoms with van der Waals surface area (Å²) in [5, 5.41) is 13.3. The molecular formula is C29H32ClN3O. The largest absolute Gasteiger partial charge is 0.494 e. The highest BCUT2D eigenvalue weighted by Gasteiger charge is 2.21. The zero-order valence-electron chi connectivity index (χ0n) is 19.8. The fraction of sp³-hybridized carbons (Fsp3) is 0.345. The second-order valence-electron chi connectivity index (χ2n) is 9.57. The number of aromatic hydroxyl groups is 1. The van der Waals surface area contributed by atoms with E-state index in [2.05, 4.69) is 59.3 Å². The van der Waals surface area contributed by atoms with Gasteiger partial charge in [-0.2, -0.15) is 0 Å². The first-order chi connectivity index (χ1) is 16.6. The highest BCUT2D eigenvalue weighted by Crippen LogP contribution is 2.36. The molecule has 0 atom stereocenters. The van der Waals surface area contributed by atoms with Gasteiger partial charge in [-0.15, -0.1) is 0 Å². The minimum absolute atomic E-state index is 0.246. The van der Waals surface area contributed by atoms with E-state index in [9.17, 15) is 5.11 Å². The second kappa shape index (κ2) is 10.2. The van der Waals surface area contributed by atoms with Gasteiger partial charge in [0.15, 0.2) is 0 Å². The summed E-state index contributed by atoms with van der Waals surface area (Å²) in [4.78, 5) is 6.65. The number of piperidine rings is 1. The Balaban J connectivity index is 1.25. The molecule has 0 unspecified atom stereocenters. The van der Waals surface area contributed by atoms with Crippen molar-refractivity contribution in [3.05, 3.63) is 94.4 Å². The molecule has 176 valence electrons. The molecule has 5 heteroatoms. The van der Waals surface area contributed by atoms with Crippen LogP contribution in [0.15, 0.2) is 67.1 Å². The van der Waals surface area contributed by atoms with Crippen LogP contribution in [-0.2, 0) is 25.9 Å². The van der Waals surface area contributed by atoms with Crippen LogP contribution in [0.25, 0.3) is 10.8 Å². The number of hydrogen-bond acceptors (Lipinski definition) is 3. The van der Waals surface area contributed by atoms with Crippen LogP contribution in [0.4, 0.5) is 0 Å². The molecule has 0 spiro atoms. The summed E-state index contributed by atoms with van der Waals surface area (Å²) in [5.41, 5.74) is 5.08. The molecule has 5 rings (SSSR count). The summed E-state index contributed by atoms with van der Waals surface area (Å²) in [6, 6.07) is 17.0. The Kier molecular flexibility index (Phi) is 6.89. The molecule has 2 aromatic heterocycles. The summed E-state index contributed by atoms with van der Waals surface area (Å²) in [6.07, 6.45) is 10.2. The fourth-order valence-electron chi connectivity index (χ4n) is 5.14. The molecule has 4 aromatic rings. The molecule has 0 aliphatic carbocycles. The molecule has 4 nitrogen and oxygen atoms in total. The van der Waals surface area contributed by atoms with Gasteiger partial charge in [0, 0.05) is 30.5 Å². The first-order valence-corrected chi connectivity index (χ1v) is 12.7. The standard InChI is InChI=1S/C29H32ClN3O/c1-2-21-3-5-23(6-4-21)19-33-20-26-16-25(17-27(30)28(26)29(33)34)15-22-9-13-32(14-10-22)18-24-7-11-31-12-8-24/h3-8,11-12,16-17,20,22,34H,2,9-10,13-15,18-19H2,1H3. The number of nitrogens with zero attached hydrogens (tertiary/aromatic N) is 3. The average molecular weight is 474 g/mol. The summed E-state index contributed by atoms with van der Waals surface area (Å²) in [7, 11) is 0. The molecule has 1 saturated heterocycles. The van der Waals surface area contributed by atoms with Crippen LogP contribution < -0.4 is 0 Å². The Labute approximate surface area is 206 Å². The van der Waals surface area contributed by atoms with Crippen LogP contribution in [0.2, 0.25) is 5.02 Å². The van der Waals surface area contributed by atoms with Gasteiger partial charge >= 0.3 is 0 Å². The highest BCUT2D eigenvalue weighted by molar-refractivity contribution is 6.36. The number of aromatic nitrogens is 2. The second-order valence-corrected chi connectivity index (χ2v) is 9.98. The molecule has 0 amide bonds. The van der Waals surface area contributed by atoms with E-state index in [4.69, 9.17) is 11.6 Å². The number of likely N-dealkylation sites (tertiary alicyclic amines) is 1. The van der Waals surface area contributed by atoms with Gasteiger partial charge in [0.25, 0.3) is 0 Å². The van der Waals surface area contributed by atoms with Crippen molar-refractivity contribution in [3.8, 4) is 5.88 Å². The summed E-state index contributed by atoms with van der Waals surface area (Å²) < 4.78 is 1.90. The molecule has 0 bridgehead atoms. The molecule has 0 saturated carbocycles. The van der Waals surface area contributed by atoms with Gasteiger partial charge in [-0.05, 0) is 91.2 Å². The van der Waals surface area contributed by atoms with Crippen molar-refractivity contribution in [1.82, 2.24) is 14.5 Å². The van der Waals surface area contributed by atoms with E-state index in [-0.39, 0.29) is 5.88 Å². The van der Waals surface area contributed by atoms with Crippen molar-refractivity contribution in [2.75, 3.05) is 13.1 Å². The van der Waals surface area contributed by atoms with Crippen molar-refractivity contribution in [2.45, 2.75) is 45.7 Å². The minimum atomic E-state index is 0.246. The SMILES string of the molecule is CCc1ccc(Cn2cc3cc(CC4CCN(Cc5ccncc5)CC4)cc(Cl)c3c2O)cc1. The Morgan fingerprint density at radius 3 is 2.29 bits per heavy atom. The lowest BCUT2D eigenvalue weighted by Gasteiger charge is -2.32. The Bertz CT molecular complexity index is 1240. The van der Waals surface area contributed by atoms with Gasteiger partial charge in [-0.3, -0.25) is 9.88 Å². The van der Waals surface area contributed by atoms with Crippen molar-refractivity contribution >= 4 is 22.4 Å². The fourth-order valence-corrected chi connectivity index (χ4v) is 5.47. The van der Waals surface area contributed by atoms with Crippen molar-refractivity contribution in [3.63, 3.8) is 0 Å². The lowest BCUT2D eigenvalue weighted by atomic mass is 9.89. The topological polar surface area (TPSA) is 41.3 Å². The minimum Gasteiger partial charge on any atom is -0.494 e. The van der Waals surface area contributed by atoms with Gasteiger partial charge in [0.2, 0.25) is 5.88 Å². The Hall–Kier alpha value is -2.82. The van der Waals surface area contributed by atoms with E-state index in [0.717, 1.165) is 43.2 Å². The van der Waals surface area contributed by atoms with Crippen LogP contribution in [0, 0.1) is 5.92 Å². The number of halogens is 1. The van der Waals surface area contributed by atoms with Crippen molar-refractivity contribution in [2.24, 2.45) is 5.92 Å². The van der Waals surface area contributed by atoms with E-state index in [1.807, 2.05) is 29.2 Å². The Morgan fingerprint density at radius 2 is 1.59 bits per heavy atom. The summed E-state index contributed by atoms with van der Waals surface area (Å²) in [6.45, 7) is 6.03. The molecule has 1 fully saturated rings. The third-order valence-corrected chi connectivity index (χ3v) is 7.44. The molecule has 1 N–H and O–H groups in total. The molecule has 2 aromatic carbocycles. The number of benzene rings is 2. The quantitative estimate of drug-likeness (QED) is 0.335. The van der Waals surface area contributed by atoms with Crippen LogP contribution in [0.1, 0.15) is 42.0 Å². The van der Waals surface area contributed by atoms with E-state index >= 15 is 0 Å². The third kappa shape index (κ3) is 5.13. The number of pyridine rings is 1. The zero-order chi connectivity index (χ0) is 23.5. The molecule has 3 heterocycles. The van der Waals surface area contributed by atoms with E-state index < -0.39 is 0 Å². The predicted molar refractivity (Wildman–Crippen MR) is 139 cm³/mol. The van der Waals surface area contributed by atoms with Gasteiger partial charge in [0.1, 0.15) is 0 Å². The first kappa shape index (κ1) is 22.9. The number of rotatable bonds is 7. The maximum absolute atomic E-state index is 10.9. The van der Waals surface area contributed by atoms with E-state index in [1.165, 1.54) is 35.1 Å². The molecular weight excluding hydrogens is 442 g/mol. The lowest BCUT2D eigenvalue weighted by molar-refractivity contribution is 0.177. The zero-order valence-corrected chi connectivity index (χ0v) is 20.5.